The molecule has 0 unspecified atom stereocenters. The summed E-state index contributed by atoms with van der Waals surface area (Å²) in [5.74, 6) is -0.766. The number of benzene rings is 2. The lowest BCUT2D eigenvalue weighted by atomic mass is 10.2. The minimum absolute atomic E-state index is 0.127. The molecule has 0 aliphatic rings. The fourth-order valence-corrected chi connectivity index (χ4v) is 2.47. The average Bonchev–Trinajstić information content (AvgIpc) is 2.56. The van der Waals surface area contributed by atoms with Gasteiger partial charge in [0.15, 0.2) is 0 Å². The van der Waals surface area contributed by atoms with Crippen LogP contribution in [0.1, 0.15) is 16.2 Å². The molecule has 0 saturated carbocycles. The third-order valence-electron chi connectivity index (χ3n) is 3.16. The van der Waals surface area contributed by atoms with Gasteiger partial charge in [0.2, 0.25) is 5.82 Å². The van der Waals surface area contributed by atoms with Crippen LogP contribution >= 0.6 is 23.2 Å². The van der Waals surface area contributed by atoms with Crippen LogP contribution in [0.4, 0.5) is 0 Å². The summed E-state index contributed by atoms with van der Waals surface area (Å²) < 4.78 is 0. The molecule has 0 fully saturated rings. The second kappa shape index (κ2) is 6.82. The van der Waals surface area contributed by atoms with Crippen molar-refractivity contribution in [3.63, 3.8) is 0 Å². The lowest BCUT2D eigenvalue weighted by Gasteiger charge is -2.02. The lowest BCUT2D eigenvalue weighted by Crippen LogP contribution is -2.24. The fraction of sp³-hybridized carbons (Fsp3) is 0. The quantitative estimate of drug-likeness (QED) is 0.555. The molecule has 2 aromatic carbocycles. The maximum absolute atomic E-state index is 12.1. The van der Waals surface area contributed by atoms with Crippen LogP contribution in [0.15, 0.2) is 52.4 Å². The van der Waals surface area contributed by atoms with Crippen LogP contribution in [0.5, 0.6) is 0 Å². The number of fused-ring (bicyclic) bond motifs is 1. The number of hydrogen-bond acceptors (Lipinski definition) is 4. The lowest BCUT2D eigenvalue weighted by molar-refractivity contribution is 0.0945. The van der Waals surface area contributed by atoms with E-state index < -0.39 is 11.5 Å². The number of para-hydroxylation sites is 1. The van der Waals surface area contributed by atoms with Crippen LogP contribution in [0.25, 0.3) is 10.9 Å². The number of hydrazone groups is 1. The maximum atomic E-state index is 12.1. The fourth-order valence-electron chi connectivity index (χ4n) is 2.01. The van der Waals surface area contributed by atoms with E-state index in [0.717, 1.165) is 0 Å². The van der Waals surface area contributed by atoms with Crippen molar-refractivity contribution in [1.29, 1.82) is 0 Å². The number of H-pyrrole nitrogens is 1. The molecule has 0 atom stereocenters. The molecule has 1 amide bonds. The van der Waals surface area contributed by atoms with Gasteiger partial charge in [-0.25, -0.2) is 10.4 Å². The summed E-state index contributed by atoms with van der Waals surface area (Å²) in [6.07, 6.45) is 1.37. The molecular formula is C16H10Cl2N4O2. The molecule has 120 valence electrons. The van der Waals surface area contributed by atoms with E-state index in [-0.39, 0.29) is 5.82 Å². The number of hydrogen-bond donors (Lipinski definition) is 2. The molecule has 0 spiro atoms. The van der Waals surface area contributed by atoms with Gasteiger partial charge in [-0.2, -0.15) is 5.10 Å². The first-order chi connectivity index (χ1) is 11.5. The van der Waals surface area contributed by atoms with Gasteiger partial charge in [0.25, 0.3) is 5.56 Å². The van der Waals surface area contributed by atoms with Crippen molar-refractivity contribution in [2.24, 2.45) is 5.10 Å². The Bertz CT molecular complexity index is 1010. The third kappa shape index (κ3) is 3.45. The molecule has 3 aromatic rings. The molecule has 0 radical (unpaired) electrons. The summed E-state index contributed by atoms with van der Waals surface area (Å²) in [4.78, 5) is 30.5. The molecule has 0 bridgehead atoms. The number of nitrogens with zero attached hydrogens (tertiary/aromatic N) is 2. The molecule has 0 aliphatic carbocycles. The van der Waals surface area contributed by atoms with Crippen molar-refractivity contribution in [1.82, 2.24) is 15.4 Å². The van der Waals surface area contributed by atoms with Gasteiger partial charge in [-0.15, -0.1) is 0 Å². The number of aromatic nitrogens is 2. The van der Waals surface area contributed by atoms with Crippen LogP contribution in [-0.4, -0.2) is 22.1 Å². The summed E-state index contributed by atoms with van der Waals surface area (Å²) >= 11 is 11.8. The highest BCUT2D eigenvalue weighted by Crippen LogP contribution is 2.19. The molecule has 0 aliphatic heterocycles. The number of carbonyl (C=O) groups is 1. The number of nitrogens with one attached hydrogen (secondary N) is 2. The first kappa shape index (κ1) is 16.2. The van der Waals surface area contributed by atoms with Crippen LogP contribution in [0.3, 0.4) is 0 Å². The molecule has 6 nitrogen and oxygen atoms in total. The van der Waals surface area contributed by atoms with E-state index in [0.29, 0.717) is 26.5 Å². The Balaban J connectivity index is 1.80. The molecule has 1 heterocycles. The Morgan fingerprint density at radius 1 is 1.21 bits per heavy atom. The van der Waals surface area contributed by atoms with Crippen LogP contribution in [-0.2, 0) is 0 Å². The van der Waals surface area contributed by atoms with Gasteiger partial charge in [-0.3, -0.25) is 9.59 Å². The molecule has 2 N–H and O–H groups in total. The van der Waals surface area contributed by atoms with Crippen molar-refractivity contribution in [3.8, 4) is 0 Å². The van der Waals surface area contributed by atoms with Crippen LogP contribution in [0, 0.1) is 0 Å². The minimum Gasteiger partial charge on any atom is -0.302 e. The van der Waals surface area contributed by atoms with E-state index in [1.807, 2.05) is 0 Å². The zero-order chi connectivity index (χ0) is 17.1. The van der Waals surface area contributed by atoms with Gasteiger partial charge in [0.05, 0.1) is 22.1 Å². The highest BCUT2D eigenvalue weighted by Gasteiger charge is 2.10. The number of halogens is 2. The normalized spacial score (nSPS) is 11.1. The molecule has 24 heavy (non-hydrogen) atoms. The first-order valence-corrected chi connectivity index (χ1v) is 7.58. The van der Waals surface area contributed by atoms with Gasteiger partial charge in [0.1, 0.15) is 0 Å². The molecule has 3 rings (SSSR count). The van der Waals surface area contributed by atoms with Gasteiger partial charge in [0, 0.05) is 10.6 Å². The van der Waals surface area contributed by atoms with E-state index in [1.54, 1.807) is 42.5 Å². The Hall–Kier alpha value is -2.70. The van der Waals surface area contributed by atoms with E-state index in [1.165, 1.54) is 6.21 Å². The van der Waals surface area contributed by atoms with E-state index in [4.69, 9.17) is 23.2 Å². The second-order valence-corrected chi connectivity index (χ2v) is 5.64. The summed E-state index contributed by atoms with van der Waals surface area (Å²) in [6, 6.07) is 11.6. The Kier molecular flexibility index (Phi) is 4.59. The smallest absolute Gasteiger partial charge is 0.302 e. The Labute approximate surface area is 146 Å². The van der Waals surface area contributed by atoms with E-state index >= 15 is 0 Å². The summed E-state index contributed by atoms with van der Waals surface area (Å²) in [6.45, 7) is 0. The number of carbonyl (C=O) groups excluding carboxylic acids is 1. The van der Waals surface area contributed by atoms with E-state index in [9.17, 15) is 9.59 Å². The summed E-state index contributed by atoms with van der Waals surface area (Å²) in [7, 11) is 0. The van der Waals surface area contributed by atoms with Crippen molar-refractivity contribution >= 4 is 46.2 Å². The number of aromatic amines is 1. The SMILES string of the molecule is O=C(N/N=C\c1ccc(Cl)cc1Cl)c1nc2ccccc2c(=O)[nH]1. The van der Waals surface area contributed by atoms with Gasteiger partial charge >= 0.3 is 5.91 Å². The van der Waals surface area contributed by atoms with Crippen LogP contribution < -0.4 is 11.0 Å². The Morgan fingerprint density at radius 3 is 2.79 bits per heavy atom. The van der Waals surface area contributed by atoms with Crippen molar-refractivity contribution in [2.45, 2.75) is 0 Å². The third-order valence-corrected chi connectivity index (χ3v) is 3.72. The largest absolute Gasteiger partial charge is 0.307 e. The van der Waals surface area contributed by atoms with Gasteiger partial charge in [-0.05, 0) is 24.3 Å². The monoisotopic (exact) mass is 360 g/mol. The first-order valence-electron chi connectivity index (χ1n) is 6.82. The maximum Gasteiger partial charge on any atom is 0.307 e. The van der Waals surface area contributed by atoms with E-state index in [2.05, 4.69) is 20.5 Å². The average molecular weight is 361 g/mol. The number of amides is 1. The summed E-state index contributed by atoms with van der Waals surface area (Å²) in [5.41, 5.74) is 2.91. The second-order valence-electron chi connectivity index (χ2n) is 4.80. The Morgan fingerprint density at radius 2 is 2.00 bits per heavy atom. The molecule has 0 saturated heterocycles. The van der Waals surface area contributed by atoms with Crippen molar-refractivity contribution < 1.29 is 4.79 Å². The highest BCUT2D eigenvalue weighted by molar-refractivity contribution is 6.36. The molecule has 8 heteroatoms. The summed E-state index contributed by atoms with van der Waals surface area (Å²) in [5, 5.41) is 5.11. The standard InChI is InChI=1S/C16H10Cl2N4O2/c17-10-6-5-9(12(18)7-10)8-19-22-16(24)14-20-13-4-2-1-3-11(13)15(23)21-14/h1-8H,(H,22,24)(H,20,21,23)/b19-8-. The van der Waals surface area contributed by atoms with Crippen molar-refractivity contribution in [3.05, 3.63) is 74.3 Å². The predicted molar refractivity (Wildman–Crippen MR) is 93.9 cm³/mol. The van der Waals surface area contributed by atoms with Crippen molar-refractivity contribution in [2.75, 3.05) is 0 Å². The zero-order valence-corrected chi connectivity index (χ0v) is 13.6. The minimum atomic E-state index is -0.640. The van der Waals surface area contributed by atoms with Gasteiger partial charge in [-0.1, -0.05) is 41.4 Å². The highest BCUT2D eigenvalue weighted by atomic mass is 35.5. The zero-order valence-electron chi connectivity index (χ0n) is 12.1. The number of rotatable bonds is 3. The van der Waals surface area contributed by atoms with Gasteiger partial charge < -0.3 is 4.98 Å². The topological polar surface area (TPSA) is 87.2 Å². The van der Waals surface area contributed by atoms with Crippen LogP contribution in [0.2, 0.25) is 10.0 Å². The predicted octanol–water partition coefficient (Wildman–Crippen LogP) is 2.99. The molecular weight excluding hydrogens is 351 g/mol. The molecule has 1 aromatic heterocycles.